The van der Waals surface area contributed by atoms with E-state index in [0.717, 1.165) is 36.4 Å². The van der Waals surface area contributed by atoms with Gasteiger partial charge in [-0.1, -0.05) is 18.2 Å². The summed E-state index contributed by atoms with van der Waals surface area (Å²) in [4.78, 5) is 10.9. The fraction of sp³-hybridized carbons (Fsp3) is 0.333. The number of hydrogen-bond acceptors (Lipinski definition) is 3. The van der Waals surface area contributed by atoms with E-state index in [1.165, 1.54) is 0 Å². The highest BCUT2D eigenvalue weighted by Gasteiger charge is 2.09. The Balaban J connectivity index is 1.85. The molecule has 4 nitrogen and oxygen atoms in total. The number of aldehydes is 1. The molecule has 1 aromatic carbocycles. The number of carbonyl (C=O) groups excluding carboxylic acids is 1. The van der Waals surface area contributed by atoms with E-state index in [-0.39, 0.29) is 0 Å². The molecule has 0 spiro atoms. The SMILES string of the molecule is Cc1nn(CCCOc2ccccc2)c(C)c1C=O. The molecule has 0 aliphatic heterocycles. The molecular formula is C15H18N2O2. The van der Waals surface area contributed by atoms with Gasteiger partial charge in [0.15, 0.2) is 6.29 Å². The number of para-hydroxylation sites is 1. The number of nitrogens with zero attached hydrogens (tertiary/aromatic N) is 2. The van der Waals surface area contributed by atoms with Gasteiger partial charge in [0, 0.05) is 18.7 Å². The molecule has 19 heavy (non-hydrogen) atoms. The van der Waals surface area contributed by atoms with Crippen molar-refractivity contribution in [3.05, 3.63) is 47.3 Å². The van der Waals surface area contributed by atoms with E-state index in [2.05, 4.69) is 5.10 Å². The van der Waals surface area contributed by atoms with Crippen molar-refractivity contribution < 1.29 is 9.53 Å². The van der Waals surface area contributed by atoms with Gasteiger partial charge in [-0.3, -0.25) is 9.48 Å². The Labute approximate surface area is 113 Å². The predicted molar refractivity (Wildman–Crippen MR) is 73.6 cm³/mol. The normalized spacial score (nSPS) is 10.4. The lowest BCUT2D eigenvalue weighted by atomic mass is 10.2. The van der Waals surface area contributed by atoms with Crippen molar-refractivity contribution >= 4 is 6.29 Å². The second kappa shape index (κ2) is 6.18. The molecule has 2 rings (SSSR count). The number of ether oxygens (including phenoxy) is 1. The van der Waals surface area contributed by atoms with Crippen molar-refractivity contribution in [1.29, 1.82) is 0 Å². The minimum absolute atomic E-state index is 0.638. The van der Waals surface area contributed by atoms with Crippen LogP contribution in [0.5, 0.6) is 5.75 Å². The third kappa shape index (κ3) is 3.22. The molecule has 0 atom stereocenters. The summed E-state index contributed by atoms with van der Waals surface area (Å²) in [6.45, 7) is 5.17. The van der Waals surface area contributed by atoms with Crippen LogP contribution in [0.4, 0.5) is 0 Å². The molecule has 1 aromatic heterocycles. The van der Waals surface area contributed by atoms with Crippen molar-refractivity contribution in [3.63, 3.8) is 0 Å². The fourth-order valence-corrected chi connectivity index (χ4v) is 2.02. The summed E-state index contributed by atoms with van der Waals surface area (Å²) in [5.74, 6) is 0.879. The first-order valence-electron chi connectivity index (χ1n) is 6.39. The second-order valence-corrected chi connectivity index (χ2v) is 4.44. The van der Waals surface area contributed by atoms with Gasteiger partial charge in [-0.25, -0.2) is 0 Å². The summed E-state index contributed by atoms with van der Waals surface area (Å²) in [6, 6.07) is 9.74. The first-order chi connectivity index (χ1) is 9.22. The lowest BCUT2D eigenvalue weighted by Crippen LogP contribution is -2.07. The molecule has 0 aliphatic carbocycles. The number of hydrogen-bond donors (Lipinski definition) is 0. The van der Waals surface area contributed by atoms with Crippen LogP contribution in [-0.4, -0.2) is 22.7 Å². The van der Waals surface area contributed by atoms with Crippen LogP contribution in [0.3, 0.4) is 0 Å². The first-order valence-corrected chi connectivity index (χ1v) is 6.39. The van der Waals surface area contributed by atoms with E-state index in [1.54, 1.807) is 0 Å². The summed E-state index contributed by atoms with van der Waals surface area (Å²) in [5.41, 5.74) is 2.41. The lowest BCUT2D eigenvalue weighted by Gasteiger charge is -2.07. The maximum atomic E-state index is 10.9. The maximum Gasteiger partial charge on any atom is 0.153 e. The van der Waals surface area contributed by atoms with E-state index in [4.69, 9.17) is 4.74 Å². The fourth-order valence-electron chi connectivity index (χ4n) is 2.02. The highest BCUT2D eigenvalue weighted by Crippen LogP contribution is 2.12. The Morgan fingerprint density at radius 3 is 2.63 bits per heavy atom. The Kier molecular flexibility index (Phi) is 4.34. The topological polar surface area (TPSA) is 44.1 Å². The Bertz CT molecular complexity index is 547. The predicted octanol–water partition coefficient (Wildman–Crippen LogP) is 2.78. The number of carbonyl (C=O) groups is 1. The number of aryl methyl sites for hydroxylation is 2. The number of benzene rings is 1. The number of aromatic nitrogens is 2. The summed E-state index contributed by atoms with van der Waals surface area (Å²) >= 11 is 0. The van der Waals surface area contributed by atoms with Gasteiger partial charge in [0.2, 0.25) is 0 Å². The van der Waals surface area contributed by atoms with Crippen molar-refractivity contribution in [2.75, 3.05) is 6.61 Å². The van der Waals surface area contributed by atoms with Crippen LogP contribution in [0.2, 0.25) is 0 Å². The van der Waals surface area contributed by atoms with Crippen LogP contribution in [0.1, 0.15) is 28.2 Å². The smallest absolute Gasteiger partial charge is 0.153 e. The van der Waals surface area contributed by atoms with Crippen molar-refractivity contribution in [2.24, 2.45) is 0 Å². The van der Waals surface area contributed by atoms with Gasteiger partial charge < -0.3 is 4.74 Å². The van der Waals surface area contributed by atoms with Crippen LogP contribution in [-0.2, 0) is 6.54 Å². The quantitative estimate of drug-likeness (QED) is 0.591. The highest BCUT2D eigenvalue weighted by molar-refractivity contribution is 5.77. The monoisotopic (exact) mass is 258 g/mol. The molecule has 0 N–H and O–H groups in total. The van der Waals surface area contributed by atoms with Crippen LogP contribution < -0.4 is 4.74 Å². The van der Waals surface area contributed by atoms with E-state index in [9.17, 15) is 4.79 Å². The van der Waals surface area contributed by atoms with Crippen LogP contribution in [0, 0.1) is 13.8 Å². The average Bonchev–Trinajstić information content (AvgIpc) is 2.70. The molecule has 0 radical (unpaired) electrons. The summed E-state index contributed by atoms with van der Waals surface area (Å²) in [7, 11) is 0. The molecule has 100 valence electrons. The van der Waals surface area contributed by atoms with E-state index in [1.807, 2.05) is 48.9 Å². The molecule has 0 amide bonds. The van der Waals surface area contributed by atoms with Gasteiger partial charge in [-0.15, -0.1) is 0 Å². The molecule has 0 unspecified atom stereocenters. The third-order valence-electron chi connectivity index (χ3n) is 3.08. The van der Waals surface area contributed by atoms with Crippen molar-refractivity contribution in [1.82, 2.24) is 9.78 Å². The average molecular weight is 258 g/mol. The van der Waals surface area contributed by atoms with Crippen molar-refractivity contribution in [2.45, 2.75) is 26.8 Å². The third-order valence-corrected chi connectivity index (χ3v) is 3.08. The van der Waals surface area contributed by atoms with Crippen LogP contribution in [0.15, 0.2) is 30.3 Å². The lowest BCUT2D eigenvalue weighted by molar-refractivity contribution is 0.112. The molecule has 0 bridgehead atoms. The van der Waals surface area contributed by atoms with Gasteiger partial charge >= 0.3 is 0 Å². The number of rotatable bonds is 6. The molecular weight excluding hydrogens is 240 g/mol. The second-order valence-electron chi connectivity index (χ2n) is 4.44. The Morgan fingerprint density at radius 2 is 2.00 bits per heavy atom. The zero-order valence-corrected chi connectivity index (χ0v) is 11.3. The Hall–Kier alpha value is -2.10. The van der Waals surface area contributed by atoms with E-state index in [0.29, 0.717) is 12.2 Å². The van der Waals surface area contributed by atoms with Gasteiger partial charge in [0.1, 0.15) is 5.75 Å². The largest absolute Gasteiger partial charge is 0.494 e. The van der Waals surface area contributed by atoms with Crippen molar-refractivity contribution in [3.8, 4) is 5.75 Å². The molecule has 0 saturated heterocycles. The molecule has 2 aromatic rings. The zero-order chi connectivity index (χ0) is 13.7. The summed E-state index contributed by atoms with van der Waals surface area (Å²) in [5, 5.41) is 4.36. The minimum atomic E-state index is 0.638. The van der Waals surface area contributed by atoms with E-state index < -0.39 is 0 Å². The van der Waals surface area contributed by atoms with Crippen LogP contribution in [0.25, 0.3) is 0 Å². The molecule has 0 saturated carbocycles. The minimum Gasteiger partial charge on any atom is -0.494 e. The molecule has 0 fully saturated rings. The maximum absolute atomic E-state index is 10.9. The molecule has 0 aliphatic rings. The van der Waals surface area contributed by atoms with Gasteiger partial charge in [-0.05, 0) is 26.0 Å². The standard InChI is InChI=1S/C15H18N2O2/c1-12-15(11-18)13(2)17(16-12)9-6-10-19-14-7-4-3-5-8-14/h3-5,7-8,11H,6,9-10H2,1-2H3. The molecule has 1 heterocycles. The van der Waals surface area contributed by atoms with E-state index >= 15 is 0 Å². The van der Waals surface area contributed by atoms with Crippen LogP contribution >= 0.6 is 0 Å². The Morgan fingerprint density at radius 1 is 1.26 bits per heavy atom. The van der Waals surface area contributed by atoms with Gasteiger partial charge in [-0.2, -0.15) is 5.10 Å². The summed E-state index contributed by atoms with van der Waals surface area (Å²) in [6.07, 6.45) is 1.73. The van der Waals surface area contributed by atoms with Gasteiger partial charge in [0.25, 0.3) is 0 Å². The zero-order valence-electron chi connectivity index (χ0n) is 11.3. The van der Waals surface area contributed by atoms with Gasteiger partial charge in [0.05, 0.1) is 17.9 Å². The highest BCUT2D eigenvalue weighted by atomic mass is 16.5. The summed E-state index contributed by atoms with van der Waals surface area (Å²) < 4.78 is 7.49. The first kappa shape index (κ1) is 13.3. The molecule has 4 heteroatoms.